The van der Waals surface area contributed by atoms with Crippen molar-refractivity contribution in [2.45, 2.75) is 44.6 Å². The van der Waals surface area contributed by atoms with Crippen molar-refractivity contribution in [1.82, 2.24) is 10.2 Å². The van der Waals surface area contributed by atoms with Crippen LogP contribution >= 0.6 is 0 Å². The highest BCUT2D eigenvalue weighted by Gasteiger charge is 2.24. The molecule has 1 aromatic carbocycles. The molecule has 0 aromatic heterocycles. The average Bonchev–Trinajstić information content (AvgIpc) is 2.75. The second-order valence-corrected chi connectivity index (χ2v) is 6.26. The van der Waals surface area contributed by atoms with E-state index in [-0.39, 0.29) is 12.1 Å². The summed E-state index contributed by atoms with van der Waals surface area (Å²) in [5, 5.41) is 12.9. The second-order valence-electron chi connectivity index (χ2n) is 6.26. The van der Waals surface area contributed by atoms with Gasteiger partial charge in [0.05, 0.1) is 6.61 Å². The van der Waals surface area contributed by atoms with Gasteiger partial charge in [0.1, 0.15) is 0 Å². The average molecular weight is 290 g/mol. The fourth-order valence-electron chi connectivity index (χ4n) is 3.33. The Morgan fingerprint density at radius 1 is 1.19 bits per heavy atom. The summed E-state index contributed by atoms with van der Waals surface area (Å²) >= 11 is 0. The molecule has 0 amide bonds. The van der Waals surface area contributed by atoms with Gasteiger partial charge in [0.25, 0.3) is 0 Å². The van der Waals surface area contributed by atoms with Crippen molar-refractivity contribution in [1.29, 1.82) is 0 Å². The van der Waals surface area contributed by atoms with Crippen LogP contribution in [0.4, 0.5) is 0 Å². The number of nitrogens with one attached hydrogen (secondary N) is 1. The summed E-state index contributed by atoms with van der Waals surface area (Å²) < 4.78 is 0. The Morgan fingerprint density at radius 2 is 1.81 bits per heavy atom. The van der Waals surface area contributed by atoms with Crippen molar-refractivity contribution in [3.63, 3.8) is 0 Å². The molecule has 1 aromatic rings. The molecule has 0 saturated heterocycles. The molecule has 1 aliphatic rings. The summed E-state index contributed by atoms with van der Waals surface area (Å²) in [7, 11) is 1.96. The van der Waals surface area contributed by atoms with Crippen molar-refractivity contribution >= 4 is 0 Å². The van der Waals surface area contributed by atoms with E-state index in [0.29, 0.717) is 0 Å². The molecule has 2 rings (SSSR count). The first-order valence-corrected chi connectivity index (χ1v) is 8.32. The van der Waals surface area contributed by atoms with Gasteiger partial charge in [-0.25, -0.2) is 0 Å². The number of rotatable bonds is 7. The van der Waals surface area contributed by atoms with E-state index < -0.39 is 0 Å². The number of hydrogen-bond acceptors (Lipinski definition) is 3. The monoisotopic (exact) mass is 290 g/mol. The SMILES string of the molecule is CCC(CO)(CCCN1CCc2ccccc2CC1)NC. The summed E-state index contributed by atoms with van der Waals surface area (Å²) in [6, 6.07) is 8.85. The van der Waals surface area contributed by atoms with Crippen molar-refractivity contribution in [3.05, 3.63) is 35.4 Å². The number of benzene rings is 1. The molecule has 1 aliphatic heterocycles. The van der Waals surface area contributed by atoms with Crippen molar-refractivity contribution in [2.75, 3.05) is 33.3 Å². The van der Waals surface area contributed by atoms with Crippen LogP contribution in [0.2, 0.25) is 0 Å². The van der Waals surface area contributed by atoms with Crippen LogP contribution in [0.3, 0.4) is 0 Å². The molecule has 1 unspecified atom stereocenters. The van der Waals surface area contributed by atoms with Gasteiger partial charge in [0.2, 0.25) is 0 Å². The molecular formula is C18H30N2O. The summed E-state index contributed by atoms with van der Waals surface area (Å²) in [6.07, 6.45) is 5.50. The van der Waals surface area contributed by atoms with E-state index in [4.69, 9.17) is 0 Å². The molecule has 3 nitrogen and oxygen atoms in total. The Labute approximate surface area is 129 Å². The van der Waals surface area contributed by atoms with Gasteiger partial charge in [-0.05, 0) is 56.8 Å². The van der Waals surface area contributed by atoms with E-state index >= 15 is 0 Å². The minimum absolute atomic E-state index is 0.0885. The highest BCUT2D eigenvalue weighted by Crippen LogP contribution is 2.19. The van der Waals surface area contributed by atoms with Crippen molar-refractivity contribution in [3.8, 4) is 0 Å². The predicted octanol–water partition coefficient (Wildman–Crippen LogP) is 2.23. The third-order valence-electron chi connectivity index (χ3n) is 5.15. The number of aliphatic hydroxyl groups is 1. The molecule has 0 aliphatic carbocycles. The summed E-state index contributed by atoms with van der Waals surface area (Å²) in [5.41, 5.74) is 2.96. The molecular weight excluding hydrogens is 260 g/mol. The zero-order chi connectivity index (χ0) is 15.1. The molecule has 0 radical (unpaired) electrons. The summed E-state index contributed by atoms with van der Waals surface area (Å²) in [6.45, 7) is 5.84. The minimum atomic E-state index is -0.0885. The van der Waals surface area contributed by atoms with Gasteiger partial charge in [-0.3, -0.25) is 0 Å². The zero-order valence-electron chi connectivity index (χ0n) is 13.6. The van der Waals surface area contributed by atoms with Crippen LogP contribution in [0, 0.1) is 0 Å². The Kier molecular flexibility index (Phi) is 6.22. The molecule has 2 N–H and O–H groups in total. The molecule has 21 heavy (non-hydrogen) atoms. The van der Waals surface area contributed by atoms with Crippen molar-refractivity contribution in [2.24, 2.45) is 0 Å². The van der Waals surface area contributed by atoms with E-state index in [1.807, 2.05) is 7.05 Å². The van der Waals surface area contributed by atoms with Gasteiger partial charge < -0.3 is 15.3 Å². The molecule has 0 spiro atoms. The predicted molar refractivity (Wildman–Crippen MR) is 88.7 cm³/mol. The zero-order valence-corrected chi connectivity index (χ0v) is 13.6. The number of hydrogen-bond donors (Lipinski definition) is 2. The van der Waals surface area contributed by atoms with E-state index in [1.54, 1.807) is 0 Å². The van der Waals surface area contributed by atoms with Crippen LogP contribution in [-0.2, 0) is 12.8 Å². The lowest BCUT2D eigenvalue weighted by molar-refractivity contribution is 0.146. The lowest BCUT2D eigenvalue weighted by Crippen LogP contribution is -2.46. The molecule has 1 heterocycles. The third kappa shape index (κ3) is 4.29. The Balaban J connectivity index is 1.80. The van der Waals surface area contributed by atoms with E-state index in [1.165, 1.54) is 24.0 Å². The number of likely N-dealkylation sites (N-methyl/N-ethyl adjacent to an activating group) is 1. The molecule has 0 fully saturated rings. The van der Waals surface area contributed by atoms with Gasteiger partial charge >= 0.3 is 0 Å². The first-order valence-electron chi connectivity index (χ1n) is 8.32. The number of nitrogens with zero attached hydrogens (tertiary/aromatic N) is 1. The summed E-state index contributed by atoms with van der Waals surface area (Å²) in [5.74, 6) is 0. The lowest BCUT2D eigenvalue weighted by atomic mass is 9.91. The maximum absolute atomic E-state index is 9.60. The molecule has 1 atom stereocenters. The van der Waals surface area contributed by atoms with Crippen LogP contribution in [0.1, 0.15) is 37.3 Å². The van der Waals surface area contributed by atoms with Crippen LogP contribution in [0.5, 0.6) is 0 Å². The Bertz CT molecular complexity index is 394. The third-order valence-corrected chi connectivity index (χ3v) is 5.15. The van der Waals surface area contributed by atoms with Crippen LogP contribution < -0.4 is 5.32 Å². The van der Waals surface area contributed by atoms with Gasteiger partial charge in [-0.2, -0.15) is 0 Å². The van der Waals surface area contributed by atoms with E-state index in [9.17, 15) is 5.11 Å². The van der Waals surface area contributed by atoms with Gasteiger partial charge in [-0.1, -0.05) is 31.2 Å². The van der Waals surface area contributed by atoms with Crippen LogP contribution in [0.15, 0.2) is 24.3 Å². The van der Waals surface area contributed by atoms with Crippen LogP contribution in [-0.4, -0.2) is 48.8 Å². The molecule has 3 heteroatoms. The number of aliphatic hydroxyl groups excluding tert-OH is 1. The van der Waals surface area contributed by atoms with Crippen molar-refractivity contribution < 1.29 is 5.11 Å². The van der Waals surface area contributed by atoms with Gasteiger partial charge in [-0.15, -0.1) is 0 Å². The van der Waals surface area contributed by atoms with Crippen LogP contribution in [0.25, 0.3) is 0 Å². The topological polar surface area (TPSA) is 35.5 Å². The highest BCUT2D eigenvalue weighted by atomic mass is 16.3. The number of fused-ring (bicyclic) bond motifs is 1. The largest absolute Gasteiger partial charge is 0.394 e. The summed E-state index contributed by atoms with van der Waals surface area (Å²) in [4.78, 5) is 2.58. The van der Waals surface area contributed by atoms with E-state index in [2.05, 4.69) is 41.4 Å². The fraction of sp³-hybridized carbons (Fsp3) is 0.667. The maximum Gasteiger partial charge on any atom is 0.0613 e. The Hall–Kier alpha value is -0.900. The first-order chi connectivity index (χ1) is 10.2. The highest BCUT2D eigenvalue weighted by molar-refractivity contribution is 5.28. The quantitative estimate of drug-likeness (QED) is 0.808. The molecule has 118 valence electrons. The van der Waals surface area contributed by atoms with Gasteiger partial charge in [0.15, 0.2) is 0 Å². The van der Waals surface area contributed by atoms with Gasteiger partial charge in [0, 0.05) is 18.6 Å². The smallest absolute Gasteiger partial charge is 0.0613 e. The fourth-order valence-corrected chi connectivity index (χ4v) is 3.33. The van der Waals surface area contributed by atoms with E-state index in [0.717, 1.165) is 38.9 Å². The lowest BCUT2D eigenvalue weighted by Gasteiger charge is -2.31. The minimum Gasteiger partial charge on any atom is -0.394 e. The maximum atomic E-state index is 9.60. The molecule has 0 bridgehead atoms. The first kappa shape index (κ1) is 16.5. The Morgan fingerprint density at radius 3 is 2.29 bits per heavy atom. The normalized spacial score (nSPS) is 18.8. The standard InChI is InChI=1S/C18H30N2O/c1-3-18(15-21,19-2)11-6-12-20-13-9-16-7-4-5-8-17(16)10-14-20/h4-5,7-8,19,21H,3,6,9-15H2,1-2H3. The second kappa shape index (κ2) is 7.92. The molecule has 0 saturated carbocycles.